The second kappa shape index (κ2) is 9.66. The molecule has 0 aliphatic carbocycles. The van der Waals surface area contributed by atoms with E-state index in [1.165, 1.54) is 25.2 Å². The zero-order chi connectivity index (χ0) is 24.4. The molecule has 0 radical (unpaired) electrons. The average molecular weight is 473 g/mol. The second-order valence-electron chi connectivity index (χ2n) is 8.19. The van der Waals surface area contributed by atoms with Gasteiger partial charge in [-0.3, -0.25) is 14.4 Å². The van der Waals surface area contributed by atoms with Crippen molar-refractivity contribution in [1.29, 1.82) is 0 Å². The van der Waals surface area contributed by atoms with Crippen LogP contribution in [0.1, 0.15) is 16.8 Å². The maximum Gasteiger partial charge on any atom is 0.254 e. The molecule has 2 aromatic carbocycles. The Hall–Kier alpha value is -3.69. The summed E-state index contributed by atoms with van der Waals surface area (Å²) in [6.45, 7) is 1.37. The first-order valence-electron chi connectivity index (χ1n) is 10.9. The third kappa shape index (κ3) is 4.52. The Balaban J connectivity index is 1.36. The molecule has 0 aromatic heterocycles. The standard InChI is InChI=1S/C24H25F2N3O5/c1-33-20-6-3-15(11-21(20)34-2)23(31)27-7-9-28(10-8-27)24(32)16-12-22(30)29(14-16)19-5-4-17(25)13-18(19)26/h3-6,11,13,16H,7-10,12,14H2,1-2H3. The van der Waals surface area contributed by atoms with Crippen LogP contribution < -0.4 is 14.4 Å². The summed E-state index contributed by atoms with van der Waals surface area (Å²) in [7, 11) is 3.01. The number of carbonyl (C=O) groups is 3. The molecule has 1 unspecified atom stereocenters. The van der Waals surface area contributed by atoms with Crippen molar-refractivity contribution >= 4 is 23.4 Å². The van der Waals surface area contributed by atoms with Gasteiger partial charge in [-0.2, -0.15) is 0 Å². The van der Waals surface area contributed by atoms with Crippen molar-refractivity contribution in [2.45, 2.75) is 6.42 Å². The normalized spacial score (nSPS) is 18.3. The first-order chi connectivity index (χ1) is 16.3. The van der Waals surface area contributed by atoms with Crippen molar-refractivity contribution in [3.63, 3.8) is 0 Å². The van der Waals surface area contributed by atoms with Crippen LogP contribution in [-0.4, -0.2) is 74.5 Å². The smallest absolute Gasteiger partial charge is 0.254 e. The van der Waals surface area contributed by atoms with Crippen LogP contribution in [0.5, 0.6) is 11.5 Å². The van der Waals surface area contributed by atoms with Gasteiger partial charge in [-0.05, 0) is 30.3 Å². The lowest BCUT2D eigenvalue weighted by molar-refractivity contribution is -0.137. The monoisotopic (exact) mass is 473 g/mol. The minimum atomic E-state index is -0.844. The van der Waals surface area contributed by atoms with Crippen LogP contribution in [0.2, 0.25) is 0 Å². The Kier molecular flexibility index (Phi) is 6.67. The van der Waals surface area contributed by atoms with E-state index < -0.39 is 17.6 Å². The molecule has 0 saturated carbocycles. The van der Waals surface area contributed by atoms with E-state index in [4.69, 9.17) is 9.47 Å². The van der Waals surface area contributed by atoms with E-state index in [0.29, 0.717) is 49.3 Å². The number of nitrogens with zero attached hydrogens (tertiary/aromatic N) is 3. The van der Waals surface area contributed by atoms with Crippen LogP contribution >= 0.6 is 0 Å². The van der Waals surface area contributed by atoms with E-state index in [1.54, 1.807) is 28.0 Å². The summed E-state index contributed by atoms with van der Waals surface area (Å²) in [5.74, 6) is -2.00. The average Bonchev–Trinajstić information content (AvgIpc) is 3.23. The van der Waals surface area contributed by atoms with Gasteiger partial charge in [0.15, 0.2) is 11.5 Å². The Morgan fingerprint density at radius 1 is 0.912 bits per heavy atom. The highest BCUT2D eigenvalue weighted by Crippen LogP contribution is 2.30. The molecule has 8 nitrogen and oxygen atoms in total. The third-order valence-electron chi connectivity index (χ3n) is 6.18. The van der Waals surface area contributed by atoms with Gasteiger partial charge in [0.05, 0.1) is 25.8 Å². The summed E-state index contributed by atoms with van der Waals surface area (Å²) >= 11 is 0. The second-order valence-corrected chi connectivity index (χ2v) is 8.19. The molecule has 1 atom stereocenters. The number of ether oxygens (including phenoxy) is 2. The van der Waals surface area contributed by atoms with Gasteiger partial charge in [0, 0.05) is 50.8 Å². The molecule has 180 valence electrons. The predicted octanol–water partition coefficient (Wildman–Crippen LogP) is 2.32. The molecular weight excluding hydrogens is 448 g/mol. The summed E-state index contributed by atoms with van der Waals surface area (Å²) in [6, 6.07) is 7.94. The molecule has 4 rings (SSSR count). The quantitative estimate of drug-likeness (QED) is 0.666. The molecule has 2 saturated heterocycles. The maximum atomic E-state index is 14.1. The third-order valence-corrected chi connectivity index (χ3v) is 6.18. The van der Waals surface area contributed by atoms with Crippen molar-refractivity contribution in [2.24, 2.45) is 5.92 Å². The zero-order valence-electron chi connectivity index (χ0n) is 18.9. The van der Waals surface area contributed by atoms with Crippen LogP contribution in [0.3, 0.4) is 0 Å². The molecule has 2 aromatic rings. The van der Waals surface area contributed by atoms with Crippen molar-refractivity contribution in [2.75, 3.05) is 51.8 Å². The highest BCUT2D eigenvalue weighted by atomic mass is 19.1. The van der Waals surface area contributed by atoms with Gasteiger partial charge >= 0.3 is 0 Å². The molecule has 0 N–H and O–H groups in total. The molecule has 3 amide bonds. The first-order valence-corrected chi connectivity index (χ1v) is 10.9. The Morgan fingerprint density at radius 2 is 1.59 bits per heavy atom. The van der Waals surface area contributed by atoms with E-state index in [-0.39, 0.29) is 36.4 Å². The van der Waals surface area contributed by atoms with Crippen LogP contribution in [0.4, 0.5) is 14.5 Å². The van der Waals surface area contributed by atoms with Gasteiger partial charge in [0.2, 0.25) is 11.8 Å². The van der Waals surface area contributed by atoms with Crippen molar-refractivity contribution in [3.8, 4) is 11.5 Å². The topological polar surface area (TPSA) is 79.4 Å². The van der Waals surface area contributed by atoms with E-state index in [2.05, 4.69) is 0 Å². The molecule has 10 heteroatoms. The van der Waals surface area contributed by atoms with Crippen LogP contribution in [-0.2, 0) is 9.59 Å². The molecule has 2 fully saturated rings. The van der Waals surface area contributed by atoms with Gasteiger partial charge in [0.25, 0.3) is 5.91 Å². The number of rotatable bonds is 5. The van der Waals surface area contributed by atoms with E-state index in [0.717, 1.165) is 6.07 Å². The minimum absolute atomic E-state index is 0.0327. The van der Waals surface area contributed by atoms with Gasteiger partial charge in [-0.15, -0.1) is 0 Å². The molecule has 34 heavy (non-hydrogen) atoms. The van der Waals surface area contributed by atoms with E-state index in [1.807, 2.05) is 0 Å². The SMILES string of the molecule is COc1ccc(C(=O)N2CCN(C(=O)C3CC(=O)N(c4ccc(F)cc4F)C3)CC2)cc1OC. The predicted molar refractivity (Wildman–Crippen MR) is 119 cm³/mol. The number of piperazine rings is 1. The number of amides is 3. The lowest BCUT2D eigenvalue weighted by Crippen LogP contribution is -2.52. The summed E-state index contributed by atoms with van der Waals surface area (Å²) in [4.78, 5) is 42.8. The minimum Gasteiger partial charge on any atom is -0.493 e. The largest absolute Gasteiger partial charge is 0.493 e. The highest BCUT2D eigenvalue weighted by Gasteiger charge is 2.39. The van der Waals surface area contributed by atoms with Gasteiger partial charge in [-0.1, -0.05) is 0 Å². The fourth-order valence-corrected chi connectivity index (χ4v) is 4.35. The summed E-state index contributed by atoms with van der Waals surface area (Å²) in [5, 5.41) is 0. The number of carbonyl (C=O) groups excluding carboxylic acids is 3. The van der Waals surface area contributed by atoms with E-state index in [9.17, 15) is 23.2 Å². The molecule has 2 heterocycles. The Labute approximate surface area is 195 Å². The maximum absolute atomic E-state index is 14.1. The van der Waals surface area contributed by atoms with Crippen LogP contribution in [0.15, 0.2) is 36.4 Å². The summed E-state index contributed by atoms with van der Waals surface area (Å²) in [5.41, 5.74) is 0.419. The molecule has 0 spiro atoms. The van der Waals surface area contributed by atoms with Crippen molar-refractivity contribution in [1.82, 2.24) is 9.80 Å². The zero-order valence-corrected chi connectivity index (χ0v) is 18.9. The molecule has 0 bridgehead atoms. The Bertz CT molecular complexity index is 1120. The first kappa shape index (κ1) is 23.5. The van der Waals surface area contributed by atoms with Gasteiger partial charge in [-0.25, -0.2) is 8.78 Å². The number of halogens is 2. The lowest BCUT2D eigenvalue weighted by Gasteiger charge is -2.36. The number of benzene rings is 2. The fourth-order valence-electron chi connectivity index (χ4n) is 4.35. The van der Waals surface area contributed by atoms with Gasteiger partial charge in [0.1, 0.15) is 11.6 Å². The fraction of sp³-hybridized carbons (Fsp3) is 0.375. The summed E-state index contributed by atoms with van der Waals surface area (Å²) in [6.07, 6.45) is -0.0412. The van der Waals surface area contributed by atoms with Crippen molar-refractivity contribution < 1.29 is 32.6 Å². The molecule has 2 aliphatic rings. The molecular formula is C24H25F2N3O5. The number of hydrogen-bond donors (Lipinski definition) is 0. The number of anilines is 1. The van der Waals surface area contributed by atoms with Crippen molar-refractivity contribution in [3.05, 3.63) is 53.6 Å². The van der Waals surface area contributed by atoms with Crippen LogP contribution in [0.25, 0.3) is 0 Å². The molecule has 2 aliphatic heterocycles. The van der Waals surface area contributed by atoms with Crippen LogP contribution in [0, 0.1) is 17.6 Å². The number of hydrogen-bond acceptors (Lipinski definition) is 5. The van der Waals surface area contributed by atoms with E-state index >= 15 is 0 Å². The lowest BCUT2D eigenvalue weighted by atomic mass is 10.1. The van der Waals surface area contributed by atoms with Gasteiger partial charge < -0.3 is 24.2 Å². The highest BCUT2D eigenvalue weighted by molar-refractivity contribution is 6.00. The number of methoxy groups -OCH3 is 2. The summed E-state index contributed by atoms with van der Waals surface area (Å²) < 4.78 is 37.8. The Morgan fingerprint density at radius 3 is 2.24 bits per heavy atom.